The average molecular weight is 320 g/mol. The lowest BCUT2D eigenvalue weighted by Crippen LogP contribution is -2.44. The highest BCUT2D eigenvalue weighted by Crippen LogP contribution is 2.40. The normalized spacial score (nSPS) is 12.5. The molecule has 0 aliphatic rings. The van der Waals surface area contributed by atoms with E-state index in [2.05, 4.69) is 0 Å². The Bertz CT molecular complexity index is 568. The predicted octanol–water partition coefficient (Wildman–Crippen LogP) is 0.646. The van der Waals surface area contributed by atoms with Gasteiger partial charge in [0.05, 0.1) is 11.9 Å². The fourth-order valence-electron chi connectivity index (χ4n) is 2.45. The quantitative estimate of drug-likeness (QED) is 0.821. The monoisotopic (exact) mass is 320 g/mol. The Balaban J connectivity index is 3.50. The lowest BCUT2D eigenvalue weighted by Gasteiger charge is -2.29. The summed E-state index contributed by atoms with van der Waals surface area (Å²) in [5.74, 6) is -4.91. The maximum atomic E-state index is 11.0. The Labute approximate surface area is 137 Å². The molecular weight excluding hydrogens is 296 g/mol. The number of carboxylic acid groups (broad SMARTS) is 2. The third kappa shape index (κ3) is 4.47. The summed E-state index contributed by atoms with van der Waals surface area (Å²) in [6.45, 7) is 11.5. The molecule has 23 heavy (non-hydrogen) atoms. The maximum Gasteiger partial charge on any atom is 0.123 e. The zero-order valence-corrected chi connectivity index (χ0v) is 14.5. The molecule has 0 spiro atoms. The summed E-state index contributed by atoms with van der Waals surface area (Å²) in [5.41, 5.74) is 1.07. The number of phenolic OH excluding ortho intramolecular Hbond substituents is 1. The first-order valence-corrected chi connectivity index (χ1v) is 7.53. The van der Waals surface area contributed by atoms with Gasteiger partial charge in [0.15, 0.2) is 0 Å². The van der Waals surface area contributed by atoms with Crippen molar-refractivity contribution in [1.82, 2.24) is 0 Å². The van der Waals surface area contributed by atoms with Crippen molar-refractivity contribution in [3.8, 4) is 5.75 Å². The lowest BCUT2D eigenvalue weighted by molar-refractivity contribution is -0.331. The zero-order valence-electron chi connectivity index (χ0n) is 14.5. The largest absolute Gasteiger partial charge is 0.549 e. The molecule has 0 aliphatic heterocycles. The summed E-state index contributed by atoms with van der Waals surface area (Å²) in [6, 6.07) is 3.31. The first-order chi connectivity index (χ1) is 10.2. The molecule has 0 fully saturated rings. The van der Waals surface area contributed by atoms with Gasteiger partial charge in [-0.2, -0.15) is 0 Å². The minimum Gasteiger partial charge on any atom is -0.549 e. The van der Waals surface area contributed by atoms with Crippen molar-refractivity contribution in [3.05, 3.63) is 28.8 Å². The van der Waals surface area contributed by atoms with Crippen LogP contribution < -0.4 is 10.2 Å². The molecule has 5 nitrogen and oxygen atoms in total. The van der Waals surface area contributed by atoms with Gasteiger partial charge >= 0.3 is 0 Å². The Morgan fingerprint density at radius 3 is 1.57 bits per heavy atom. The fourth-order valence-corrected chi connectivity index (χ4v) is 2.45. The van der Waals surface area contributed by atoms with E-state index in [0.717, 1.165) is 0 Å². The number of carboxylic acids is 2. The molecule has 0 saturated heterocycles. The second-order valence-corrected chi connectivity index (χ2v) is 7.93. The first kappa shape index (κ1) is 19.0. The standard InChI is InChI=1S/C18H26O5/c1-17(2,3)12-8-10(7-11(15(20)21)16(22)23)9-13(14(12)19)18(4,5)6/h8-9,11,19H,7H2,1-6H3,(H,20,21)(H,22,23)/p-2. The Morgan fingerprint density at radius 2 is 1.30 bits per heavy atom. The summed E-state index contributed by atoms with van der Waals surface area (Å²) in [4.78, 5) is 22.0. The molecular formula is C18H24O5-2. The number of aliphatic carboxylic acids is 2. The number of aromatic hydroxyl groups is 1. The van der Waals surface area contributed by atoms with Gasteiger partial charge in [-0.15, -0.1) is 0 Å². The van der Waals surface area contributed by atoms with Gasteiger partial charge < -0.3 is 24.9 Å². The Hall–Kier alpha value is -2.04. The Morgan fingerprint density at radius 1 is 0.957 bits per heavy atom. The van der Waals surface area contributed by atoms with Gasteiger partial charge in [-0.1, -0.05) is 53.7 Å². The second kappa shape index (κ2) is 6.22. The zero-order chi connectivity index (χ0) is 18.2. The minimum absolute atomic E-state index is 0.159. The van der Waals surface area contributed by atoms with Gasteiger partial charge in [-0.3, -0.25) is 0 Å². The molecule has 1 aromatic carbocycles. The van der Waals surface area contributed by atoms with E-state index in [4.69, 9.17) is 0 Å². The molecule has 0 amide bonds. The molecule has 0 heterocycles. The molecule has 1 rings (SSSR count). The molecule has 0 radical (unpaired) electrons. The van der Waals surface area contributed by atoms with Crippen molar-refractivity contribution in [1.29, 1.82) is 0 Å². The van der Waals surface area contributed by atoms with E-state index >= 15 is 0 Å². The second-order valence-electron chi connectivity index (χ2n) is 7.93. The number of carbonyl (C=O) groups is 2. The number of hydrogen-bond donors (Lipinski definition) is 1. The molecule has 1 aromatic rings. The molecule has 0 bridgehead atoms. The summed E-state index contributed by atoms with van der Waals surface area (Å²) < 4.78 is 0. The Kier molecular flexibility index (Phi) is 5.14. The van der Waals surface area contributed by atoms with Crippen molar-refractivity contribution < 1.29 is 24.9 Å². The van der Waals surface area contributed by atoms with Crippen molar-refractivity contribution >= 4 is 11.9 Å². The van der Waals surface area contributed by atoms with E-state index in [1.165, 1.54) is 0 Å². The van der Waals surface area contributed by atoms with Gasteiger partial charge in [0.25, 0.3) is 0 Å². The number of carbonyl (C=O) groups excluding carboxylic acids is 2. The smallest absolute Gasteiger partial charge is 0.123 e. The molecule has 1 N–H and O–H groups in total. The minimum atomic E-state index is -1.72. The van der Waals surface area contributed by atoms with Crippen LogP contribution in [-0.2, 0) is 26.8 Å². The van der Waals surface area contributed by atoms with Crippen LogP contribution in [0.4, 0.5) is 0 Å². The van der Waals surface area contributed by atoms with Gasteiger partial charge in [-0.25, -0.2) is 0 Å². The van der Waals surface area contributed by atoms with Crippen molar-refractivity contribution in [2.45, 2.75) is 58.8 Å². The molecule has 0 atom stereocenters. The summed E-state index contributed by atoms with van der Waals surface area (Å²) in [5, 5.41) is 32.6. The molecule has 5 heteroatoms. The van der Waals surface area contributed by atoms with Crippen LogP contribution >= 0.6 is 0 Å². The van der Waals surface area contributed by atoms with Gasteiger partial charge in [-0.05, 0) is 33.9 Å². The lowest BCUT2D eigenvalue weighted by atomic mass is 9.77. The third-order valence-electron chi connectivity index (χ3n) is 3.79. The fraction of sp³-hybridized carbons (Fsp3) is 0.556. The highest BCUT2D eigenvalue weighted by molar-refractivity contribution is 5.91. The van der Waals surface area contributed by atoms with E-state index in [-0.39, 0.29) is 23.0 Å². The van der Waals surface area contributed by atoms with E-state index in [0.29, 0.717) is 16.7 Å². The van der Waals surface area contributed by atoms with Crippen molar-refractivity contribution in [3.63, 3.8) is 0 Å². The summed E-state index contributed by atoms with van der Waals surface area (Å²) in [7, 11) is 0. The van der Waals surface area contributed by atoms with Crippen LogP contribution in [0.3, 0.4) is 0 Å². The molecule has 0 aliphatic carbocycles. The van der Waals surface area contributed by atoms with E-state index in [9.17, 15) is 24.9 Å². The molecule has 0 saturated carbocycles. The number of hydrogen-bond acceptors (Lipinski definition) is 5. The first-order valence-electron chi connectivity index (χ1n) is 7.53. The van der Waals surface area contributed by atoms with Crippen LogP contribution in [0.25, 0.3) is 0 Å². The van der Waals surface area contributed by atoms with Crippen LogP contribution in [0, 0.1) is 5.92 Å². The van der Waals surface area contributed by atoms with Crippen molar-refractivity contribution in [2.24, 2.45) is 5.92 Å². The van der Waals surface area contributed by atoms with Crippen LogP contribution in [0.15, 0.2) is 12.1 Å². The molecule has 128 valence electrons. The van der Waals surface area contributed by atoms with Crippen LogP contribution in [0.5, 0.6) is 5.75 Å². The predicted molar refractivity (Wildman–Crippen MR) is 82.7 cm³/mol. The van der Waals surface area contributed by atoms with Crippen molar-refractivity contribution in [2.75, 3.05) is 0 Å². The topological polar surface area (TPSA) is 100 Å². The molecule has 0 aromatic heterocycles. The van der Waals surface area contributed by atoms with Gasteiger partial charge in [0.2, 0.25) is 0 Å². The SMILES string of the molecule is CC(C)(C)c1cc(CC(C(=O)[O-])C(=O)[O-])cc(C(C)(C)C)c1O. The molecule has 0 unspecified atom stereocenters. The van der Waals surface area contributed by atoms with Crippen LogP contribution in [0.1, 0.15) is 58.2 Å². The maximum absolute atomic E-state index is 11.0. The van der Waals surface area contributed by atoms with E-state index in [1.807, 2.05) is 41.5 Å². The summed E-state index contributed by atoms with van der Waals surface area (Å²) >= 11 is 0. The summed E-state index contributed by atoms with van der Waals surface area (Å²) in [6.07, 6.45) is -0.239. The van der Waals surface area contributed by atoms with E-state index < -0.39 is 17.9 Å². The van der Waals surface area contributed by atoms with Gasteiger partial charge in [0, 0.05) is 5.92 Å². The average Bonchev–Trinajstić information content (AvgIpc) is 2.33. The van der Waals surface area contributed by atoms with E-state index in [1.54, 1.807) is 12.1 Å². The van der Waals surface area contributed by atoms with Gasteiger partial charge in [0.1, 0.15) is 5.75 Å². The van der Waals surface area contributed by atoms with Crippen LogP contribution in [0.2, 0.25) is 0 Å². The third-order valence-corrected chi connectivity index (χ3v) is 3.79. The highest BCUT2D eigenvalue weighted by Gasteiger charge is 2.27. The number of phenols is 1. The van der Waals surface area contributed by atoms with Crippen LogP contribution in [-0.4, -0.2) is 17.0 Å². The number of rotatable bonds is 4. The highest BCUT2D eigenvalue weighted by atomic mass is 16.4. The number of benzene rings is 1.